The van der Waals surface area contributed by atoms with E-state index >= 15 is 0 Å². The zero-order chi connectivity index (χ0) is 14.9. The summed E-state index contributed by atoms with van der Waals surface area (Å²) in [5.74, 6) is 0. The maximum atomic E-state index is 12.5. The molecule has 0 saturated carbocycles. The van der Waals surface area contributed by atoms with Crippen molar-refractivity contribution in [3.05, 3.63) is 35.1 Å². The summed E-state index contributed by atoms with van der Waals surface area (Å²) in [7, 11) is -3.62. The fourth-order valence-corrected chi connectivity index (χ4v) is 3.99. The molecule has 0 amide bonds. The summed E-state index contributed by atoms with van der Waals surface area (Å²) in [6.07, 6.45) is 1.70. The lowest BCUT2D eigenvalue weighted by Crippen LogP contribution is -2.43. The summed E-state index contributed by atoms with van der Waals surface area (Å²) in [4.78, 5) is 4.18. The largest absolute Gasteiger partial charge is 0.379 e. The van der Waals surface area contributed by atoms with Gasteiger partial charge in [0.1, 0.15) is 4.60 Å². The van der Waals surface area contributed by atoms with Crippen molar-refractivity contribution >= 4 is 42.6 Å². The Morgan fingerprint density at radius 3 is 2.71 bits per heavy atom. The second-order valence-electron chi connectivity index (χ2n) is 4.63. The summed E-state index contributed by atoms with van der Waals surface area (Å²) < 4.78 is 34.6. The van der Waals surface area contributed by atoms with E-state index in [2.05, 4.69) is 25.6 Å². The smallest absolute Gasteiger partial charge is 0.301 e. The number of morpholine rings is 1. The fraction of sp³-hybridized carbons (Fsp3) is 0.308. The zero-order valence-corrected chi connectivity index (χ0v) is 13.5. The number of anilines is 1. The van der Waals surface area contributed by atoms with Crippen molar-refractivity contribution < 1.29 is 13.2 Å². The van der Waals surface area contributed by atoms with Gasteiger partial charge in [0.25, 0.3) is 0 Å². The van der Waals surface area contributed by atoms with Crippen molar-refractivity contribution in [1.29, 1.82) is 0 Å². The molecule has 1 N–H and O–H groups in total. The lowest BCUT2D eigenvalue weighted by Gasteiger charge is -2.26. The molecule has 1 aromatic carbocycles. The Morgan fingerprint density at radius 2 is 1.95 bits per heavy atom. The van der Waals surface area contributed by atoms with Gasteiger partial charge in [-0.15, -0.1) is 0 Å². The van der Waals surface area contributed by atoms with Crippen LogP contribution in [0.4, 0.5) is 5.69 Å². The molecule has 3 rings (SSSR count). The van der Waals surface area contributed by atoms with Crippen molar-refractivity contribution in [2.45, 2.75) is 0 Å². The van der Waals surface area contributed by atoms with Gasteiger partial charge in [-0.05, 0) is 15.9 Å². The normalized spacial score (nSPS) is 17.0. The molecule has 1 aliphatic rings. The van der Waals surface area contributed by atoms with E-state index in [-0.39, 0.29) is 0 Å². The molecular formula is C13H14BrN3O3S. The van der Waals surface area contributed by atoms with E-state index in [4.69, 9.17) is 4.74 Å². The Kier molecular flexibility index (Phi) is 4.12. The first-order chi connectivity index (χ1) is 10.1. The molecule has 1 aliphatic heterocycles. The van der Waals surface area contributed by atoms with Crippen LogP contribution in [0, 0.1) is 0 Å². The molecule has 0 atom stereocenters. The molecule has 1 aromatic heterocycles. The van der Waals surface area contributed by atoms with Crippen LogP contribution in [0.2, 0.25) is 0 Å². The molecule has 1 fully saturated rings. The molecule has 8 heteroatoms. The van der Waals surface area contributed by atoms with Gasteiger partial charge in [0, 0.05) is 30.1 Å². The van der Waals surface area contributed by atoms with Gasteiger partial charge in [0.15, 0.2) is 0 Å². The van der Waals surface area contributed by atoms with E-state index in [9.17, 15) is 8.42 Å². The van der Waals surface area contributed by atoms with Crippen molar-refractivity contribution in [3.63, 3.8) is 0 Å². The Bertz CT molecular complexity index is 760. The SMILES string of the molecule is O=S(=O)(Nc1c(Br)ncc2ccccc12)N1CCOCC1. The van der Waals surface area contributed by atoms with Crippen LogP contribution in [-0.4, -0.2) is 44.0 Å². The van der Waals surface area contributed by atoms with Gasteiger partial charge < -0.3 is 4.74 Å². The van der Waals surface area contributed by atoms with Gasteiger partial charge in [-0.3, -0.25) is 4.72 Å². The third kappa shape index (κ3) is 3.03. The molecule has 2 aromatic rings. The van der Waals surface area contributed by atoms with E-state index < -0.39 is 10.2 Å². The fourth-order valence-electron chi connectivity index (χ4n) is 2.22. The number of nitrogens with zero attached hydrogens (tertiary/aromatic N) is 2. The highest BCUT2D eigenvalue weighted by atomic mass is 79.9. The molecule has 0 spiro atoms. The minimum absolute atomic E-state index is 0.352. The quantitative estimate of drug-likeness (QED) is 0.837. The Balaban J connectivity index is 1.99. The number of ether oxygens (including phenoxy) is 1. The average Bonchev–Trinajstić information content (AvgIpc) is 2.51. The number of pyridine rings is 1. The van der Waals surface area contributed by atoms with Crippen LogP contribution in [0.25, 0.3) is 10.8 Å². The molecule has 0 bridgehead atoms. The number of hydrogen-bond donors (Lipinski definition) is 1. The molecule has 0 unspecified atom stereocenters. The standard InChI is InChI=1S/C13H14BrN3O3S/c14-13-12(11-4-2-1-3-10(11)9-15-13)16-21(18,19)17-5-7-20-8-6-17/h1-4,9,16H,5-8H2. The Morgan fingerprint density at radius 1 is 1.24 bits per heavy atom. The van der Waals surface area contributed by atoms with E-state index in [1.54, 1.807) is 6.20 Å². The highest BCUT2D eigenvalue weighted by molar-refractivity contribution is 9.10. The lowest BCUT2D eigenvalue weighted by molar-refractivity contribution is 0.0733. The van der Waals surface area contributed by atoms with E-state index in [0.29, 0.717) is 36.6 Å². The third-order valence-corrected chi connectivity index (χ3v) is 5.40. The summed E-state index contributed by atoms with van der Waals surface area (Å²) in [6.45, 7) is 1.53. The Hall–Kier alpha value is -1.22. The summed E-state index contributed by atoms with van der Waals surface area (Å²) in [5, 5.41) is 1.68. The zero-order valence-electron chi connectivity index (χ0n) is 11.1. The van der Waals surface area contributed by atoms with E-state index in [0.717, 1.165) is 10.8 Å². The first-order valence-corrected chi connectivity index (χ1v) is 8.70. The van der Waals surface area contributed by atoms with Crippen molar-refractivity contribution in [1.82, 2.24) is 9.29 Å². The number of fused-ring (bicyclic) bond motifs is 1. The Labute approximate surface area is 131 Å². The molecule has 0 radical (unpaired) electrons. The summed E-state index contributed by atoms with van der Waals surface area (Å²) in [6, 6.07) is 7.50. The highest BCUT2D eigenvalue weighted by Crippen LogP contribution is 2.30. The number of benzene rings is 1. The van der Waals surface area contributed by atoms with Crippen molar-refractivity contribution in [2.75, 3.05) is 31.0 Å². The van der Waals surface area contributed by atoms with Crippen molar-refractivity contribution in [2.24, 2.45) is 0 Å². The predicted molar refractivity (Wildman–Crippen MR) is 84.4 cm³/mol. The van der Waals surface area contributed by atoms with Crippen LogP contribution in [0.3, 0.4) is 0 Å². The molecule has 6 nitrogen and oxygen atoms in total. The molecule has 0 aliphatic carbocycles. The lowest BCUT2D eigenvalue weighted by atomic mass is 10.1. The van der Waals surface area contributed by atoms with Gasteiger partial charge in [-0.2, -0.15) is 12.7 Å². The number of nitrogens with one attached hydrogen (secondary N) is 1. The van der Waals surface area contributed by atoms with Gasteiger partial charge in [0.2, 0.25) is 0 Å². The molecule has 1 saturated heterocycles. The van der Waals surface area contributed by atoms with E-state index in [1.807, 2.05) is 24.3 Å². The minimum atomic E-state index is -3.62. The molecule has 21 heavy (non-hydrogen) atoms. The van der Waals surface area contributed by atoms with Crippen LogP contribution in [-0.2, 0) is 14.9 Å². The number of halogens is 1. The maximum Gasteiger partial charge on any atom is 0.301 e. The first-order valence-electron chi connectivity index (χ1n) is 6.47. The maximum absolute atomic E-state index is 12.5. The first kappa shape index (κ1) is 14.7. The van der Waals surface area contributed by atoms with Crippen molar-refractivity contribution in [3.8, 4) is 0 Å². The molecule has 112 valence electrons. The summed E-state index contributed by atoms with van der Waals surface area (Å²) in [5.41, 5.74) is 0.458. The molecular weight excluding hydrogens is 358 g/mol. The van der Waals surface area contributed by atoms with E-state index in [1.165, 1.54) is 4.31 Å². The third-order valence-electron chi connectivity index (χ3n) is 3.29. The second-order valence-corrected chi connectivity index (χ2v) is 7.05. The molecule has 2 heterocycles. The van der Waals surface area contributed by atoms with Crippen LogP contribution >= 0.6 is 15.9 Å². The average molecular weight is 372 g/mol. The summed E-state index contributed by atoms with van der Waals surface area (Å²) >= 11 is 3.31. The van der Waals surface area contributed by atoms with Gasteiger partial charge >= 0.3 is 10.2 Å². The highest BCUT2D eigenvalue weighted by Gasteiger charge is 2.25. The van der Waals surface area contributed by atoms with Crippen LogP contribution in [0.15, 0.2) is 35.1 Å². The monoisotopic (exact) mass is 371 g/mol. The van der Waals surface area contributed by atoms with Crippen LogP contribution < -0.4 is 4.72 Å². The minimum Gasteiger partial charge on any atom is -0.379 e. The second kappa shape index (κ2) is 5.88. The number of aromatic nitrogens is 1. The topological polar surface area (TPSA) is 71.5 Å². The number of hydrogen-bond acceptors (Lipinski definition) is 4. The van der Waals surface area contributed by atoms with Gasteiger partial charge in [-0.25, -0.2) is 4.98 Å². The van der Waals surface area contributed by atoms with Gasteiger partial charge in [0.05, 0.1) is 18.9 Å². The van der Waals surface area contributed by atoms with Gasteiger partial charge in [-0.1, -0.05) is 24.3 Å². The number of rotatable bonds is 3. The van der Waals surface area contributed by atoms with Crippen LogP contribution in [0.1, 0.15) is 0 Å². The predicted octanol–water partition coefficient (Wildman–Crippen LogP) is 1.99. The van der Waals surface area contributed by atoms with Crippen LogP contribution in [0.5, 0.6) is 0 Å².